The first-order chi connectivity index (χ1) is 8.88. The van der Waals surface area contributed by atoms with E-state index in [1.807, 2.05) is 6.92 Å². The van der Waals surface area contributed by atoms with Crippen LogP contribution in [0.2, 0.25) is 0 Å². The number of ether oxygens (including phenoxy) is 1. The smallest absolute Gasteiger partial charge is 0.218 e. The van der Waals surface area contributed by atoms with Crippen molar-refractivity contribution in [1.29, 1.82) is 0 Å². The van der Waals surface area contributed by atoms with E-state index in [2.05, 4.69) is 29.9 Å². The third-order valence-electron chi connectivity index (χ3n) is 2.16. The molecule has 0 bridgehead atoms. The van der Waals surface area contributed by atoms with E-state index >= 15 is 0 Å². The maximum absolute atomic E-state index is 5.42. The van der Waals surface area contributed by atoms with Crippen molar-refractivity contribution in [2.24, 2.45) is 0 Å². The molecule has 0 aliphatic carbocycles. The van der Waals surface area contributed by atoms with Crippen LogP contribution in [0.15, 0.2) is 23.3 Å². The summed E-state index contributed by atoms with van der Waals surface area (Å²) in [4.78, 5) is 12.1. The lowest BCUT2D eigenvalue weighted by molar-refractivity contribution is 0.305. The highest BCUT2D eigenvalue weighted by atomic mass is 16.5. The Morgan fingerprint density at radius 2 is 2.28 bits per heavy atom. The molecule has 0 atom stereocenters. The average Bonchev–Trinajstić information content (AvgIpc) is 2.90. The topological polar surface area (TPSA) is 86.0 Å². The molecule has 0 aliphatic heterocycles. The normalized spacial score (nSPS) is 10.3. The van der Waals surface area contributed by atoms with E-state index in [-0.39, 0.29) is 0 Å². The van der Waals surface area contributed by atoms with Crippen LogP contribution < -0.4 is 10.1 Å². The van der Waals surface area contributed by atoms with Crippen molar-refractivity contribution >= 4 is 5.82 Å². The van der Waals surface area contributed by atoms with Gasteiger partial charge in [-0.1, -0.05) is 12.1 Å². The Morgan fingerprint density at radius 1 is 1.33 bits per heavy atom. The summed E-state index contributed by atoms with van der Waals surface area (Å²) in [7, 11) is 0. The van der Waals surface area contributed by atoms with Crippen LogP contribution >= 0.6 is 0 Å². The maximum atomic E-state index is 5.42. The van der Waals surface area contributed by atoms with Gasteiger partial charge in [0.25, 0.3) is 0 Å². The van der Waals surface area contributed by atoms with Gasteiger partial charge in [-0.15, -0.1) is 0 Å². The summed E-state index contributed by atoms with van der Waals surface area (Å²) < 4.78 is 10.1. The van der Waals surface area contributed by atoms with Gasteiger partial charge >= 0.3 is 0 Å². The van der Waals surface area contributed by atoms with Gasteiger partial charge in [0.05, 0.1) is 6.61 Å². The summed E-state index contributed by atoms with van der Waals surface area (Å²) in [6.45, 7) is 3.37. The number of hydrogen-bond acceptors (Lipinski definition) is 7. The predicted octanol–water partition coefficient (Wildman–Crippen LogP) is 1.30. The van der Waals surface area contributed by atoms with Crippen LogP contribution in [0.5, 0.6) is 5.88 Å². The molecule has 2 aromatic rings. The largest absolute Gasteiger partial charge is 0.478 e. The number of nitrogens with zero attached hydrogens (tertiary/aromatic N) is 4. The first kappa shape index (κ1) is 12.3. The van der Waals surface area contributed by atoms with Crippen molar-refractivity contribution in [3.8, 4) is 5.88 Å². The van der Waals surface area contributed by atoms with E-state index in [0.29, 0.717) is 31.3 Å². The second-order valence-electron chi connectivity index (χ2n) is 3.61. The number of rotatable bonds is 7. The van der Waals surface area contributed by atoms with Gasteiger partial charge in [0, 0.05) is 19.0 Å². The Kier molecular flexibility index (Phi) is 4.46. The zero-order chi connectivity index (χ0) is 12.6. The molecule has 0 saturated heterocycles. The molecule has 18 heavy (non-hydrogen) atoms. The van der Waals surface area contributed by atoms with Crippen molar-refractivity contribution < 1.29 is 9.26 Å². The van der Waals surface area contributed by atoms with Crippen molar-refractivity contribution in [1.82, 2.24) is 20.1 Å². The molecule has 7 heteroatoms. The third kappa shape index (κ3) is 3.69. The third-order valence-corrected chi connectivity index (χ3v) is 2.16. The Balaban J connectivity index is 1.81. The minimum atomic E-state index is 0.578. The van der Waals surface area contributed by atoms with Gasteiger partial charge in [0.1, 0.15) is 12.1 Å². The van der Waals surface area contributed by atoms with E-state index in [1.165, 1.54) is 12.7 Å². The van der Waals surface area contributed by atoms with Crippen molar-refractivity contribution in [2.45, 2.75) is 19.8 Å². The second-order valence-corrected chi connectivity index (χ2v) is 3.61. The van der Waals surface area contributed by atoms with Crippen LogP contribution in [0.3, 0.4) is 0 Å². The summed E-state index contributed by atoms with van der Waals surface area (Å²) in [5, 5.41) is 6.87. The van der Waals surface area contributed by atoms with Crippen molar-refractivity contribution in [2.75, 3.05) is 18.5 Å². The molecule has 0 aromatic carbocycles. The van der Waals surface area contributed by atoms with E-state index in [0.717, 1.165) is 12.2 Å². The summed E-state index contributed by atoms with van der Waals surface area (Å²) in [6, 6.07) is 1.77. The number of anilines is 1. The zero-order valence-corrected chi connectivity index (χ0v) is 10.2. The number of aromatic nitrogens is 4. The van der Waals surface area contributed by atoms with Gasteiger partial charge in [-0.2, -0.15) is 4.98 Å². The highest BCUT2D eigenvalue weighted by molar-refractivity contribution is 5.36. The lowest BCUT2D eigenvalue weighted by atomic mass is 10.4. The summed E-state index contributed by atoms with van der Waals surface area (Å²) in [5.41, 5.74) is 0. The SMILES string of the molecule is CCCOc1cc(NCCc2ncon2)ncn1. The summed E-state index contributed by atoms with van der Waals surface area (Å²) in [6.07, 6.45) is 4.41. The minimum Gasteiger partial charge on any atom is -0.478 e. The quantitative estimate of drug-likeness (QED) is 0.791. The molecular weight excluding hydrogens is 234 g/mol. The monoisotopic (exact) mass is 249 g/mol. The van der Waals surface area contributed by atoms with Crippen molar-refractivity contribution in [3.05, 3.63) is 24.6 Å². The molecule has 0 spiro atoms. The molecule has 0 fully saturated rings. The molecular formula is C11H15N5O2. The van der Waals surface area contributed by atoms with Crippen LogP contribution in [0.4, 0.5) is 5.82 Å². The van der Waals surface area contributed by atoms with Gasteiger partial charge < -0.3 is 14.6 Å². The standard InChI is InChI=1S/C11H15N5O2/c1-2-5-17-11-6-10(13-7-14-11)12-4-3-9-15-8-18-16-9/h6-8H,2-5H2,1H3,(H,12,13,14). The Hall–Kier alpha value is -2.18. The number of hydrogen-bond donors (Lipinski definition) is 1. The molecule has 2 heterocycles. The fraction of sp³-hybridized carbons (Fsp3) is 0.455. The number of nitrogens with one attached hydrogen (secondary N) is 1. The Labute approximate surface area is 105 Å². The lowest BCUT2D eigenvalue weighted by Gasteiger charge is -2.06. The van der Waals surface area contributed by atoms with Crippen LogP contribution in [-0.4, -0.2) is 33.3 Å². The fourth-order valence-corrected chi connectivity index (χ4v) is 1.33. The molecule has 0 unspecified atom stereocenters. The van der Waals surface area contributed by atoms with Crippen LogP contribution in [0.1, 0.15) is 19.2 Å². The molecule has 0 aliphatic rings. The molecule has 7 nitrogen and oxygen atoms in total. The fourth-order valence-electron chi connectivity index (χ4n) is 1.33. The minimum absolute atomic E-state index is 0.578. The van der Waals surface area contributed by atoms with Crippen LogP contribution in [0.25, 0.3) is 0 Å². The Bertz CT molecular complexity index is 460. The van der Waals surface area contributed by atoms with Gasteiger partial charge in [0.2, 0.25) is 12.3 Å². The first-order valence-corrected chi connectivity index (χ1v) is 5.82. The van der Waals surface area contributed by atoms with Gasteiger partial charge in [-0.05, 0) is 6.42 Å². The van der Waals surface area contributed by atoms with E-state index in [4.69, 9.17) is 4.74 Å². The highest BCUT2D eigenvalue weighted by Crippen LogP contribution is 2.10. The Morgan fingerprint density at radius 3 is 3.06 bits per heavy atom. The molecule has 0 saturated carbocycles. The highest BCUT2D eigenvalue weighted by Gasteiger charge is 2.01. The van der Waals surface area contributed by atoms with Gasteiger partial charge in [0.15, 0.2) is 5.82 Å². The van der Waals surface area contributed by atoms with Crippen LogP contribution in [0, 0.1) is 0 Å². The predicted molar refractivity (Wildman–Crippen MR) is 64.3 cm³/mol. The maximum Gasteiger partial charge on any atom is 0.218 e. The van der Waals surface area contributed by atoms with E-state index in [1.54, 1.807) is 6.07 Å². The second kappa shape index (κ2) is 6.53. The first-order valence-electron chi connectivity index (χ1n) is 5.82. The summed E-state index contributed by atoms with van der Waals surface area (Å²) >= 11 is 0. The average molecular weight is 249 g/mol. The molecule has 96 valence electrons. The van der Waals surface area contributed by atoms with E-state index < -0.39 is 0 Å². The van der Waals surface area contributed by atoms with Gasteiger partial charge in [-0.25, -0.2) is 9.97 Å². The molecule has 0 amide bonds. The molecule has 2 rings (SSSR count). The van der Waals surface area contributed by atoms with Gasteiger partial charge in [-0.3, -0.25) is 0 Å². The lowest BCUT2D eigenvalue weighted by Crippen LogP contribution is -2.08. The van der Waals surface area contributed by atoms with Crippen molar-refractivity contribution in [3.63, 3.8) is 0 Å². The molecule has 1 N–H and O–H groups in total. The van der Waals surface area contributed by atoms with E-state index in [9.17, 15) is 0 Å². The molecule has 2 aromatic heterocycles. The zero-order valence-electron chi connectivity index (χ0n) is 10.2. The summed E-state index contributed by atoms with van der Waals surface area (Å²) in [5.74, 6) is 1.97. The molecule has 0 radical (unpaired) electrons. The van der Waals surface area contributed by atoms with Crippen LogP contribution in [-0.2, 0) is 6.42 Å².